The fourth-order valence-electron chi connectivity index (χ4n) is 7.31. The van der Waals surface area contributed by atoms with Gasteiger partial charge in [-0.25, -0.2) is 0 Å². The highest BCUT2D eigenvalue weighted by atomic mass is 16.6. The van der Waals surface area contributed by atoms with Gasteiger partial charge in [0, 0.05) is 19.3 Å². The summed E-state index contributed by atoms with van der Waals surface area (Å²) in [4.78, 5) is 37.9. The molecule has 0 N–H and O–H groups in total. The van der Waals surface area contributed by atoms with Crippen molar-refractivity contribution in [2.75, 3.05) is 13.2 Å². The Kier molecular flexibility index (Phi) is 45.8. The van der Waals surface area contributed by atoms with Crippen LogP contribution in [-0.4, -0.2) is 37.2 Å². The average Bonchev–Trinajstić information content (AvgIpc) is 3.22. The molecule has 6 nitrogen and oxygen atoms in total. The summed E-state index contributed by atoms with van der Waals surface area (Å²) in [5, 5.41) is 0. The number of ether oxygens (including phenoxy) is 3. The van der Waals surface area contributed by atoms with Crippen molar-refractivity contribution in [3.05, 3.63) is 24.3 Å². The average molecular weight is 817 g/mol. The lowest BCUT2D eigenvalue weighted by Crippen LogP contribution is -2.30. The quantitative estimate of drug-likeness (QED) is 0.0263. The predicted octanol–water partition coefficient (Wildman–Crippen LogP) is 16.4. The van der Waals surface area contributed by atoms with E-state index in [-0.39, 0.29) is 31.1 Å². The van der Waals surface area contributed by atoms with Crippen molar-refractivity contribution in [1.29, 1.82) is 0 Å². The van der Waals surface area contributed by atoms with Crippen molar-refractivity contribution in [1.82, 2.24) is 0 Å². The Morgan fingerprint density at radius 2 is 0.569 bits per heavy atom. The lowest BCUT2D eigenvalue weighted by atomic mass is 10.0. The molecule has 0 bridgehead atoms. The van der Waals surface area contributed by atoms with Crippen molar-refractivity contribution in [2.24, 2.45) is 0 Å². The number of carbonyl (C=O) groups excluding carboxylic acids is 3. The molecule has 0 saturated heterocycles. The SMILES string of the molecule is CCCCCCCC/C=C\CCCCCC(=O)OC(COC(=O)CCCCC/C=C\CCCCCCCCC)COC(=O)CCCCCCCCCCCCCCC. The molecular weight excluding hydrogens is 721 g/mol. The Balaban J connectivity index is 4.39. The van der Waals surface area contributed by atoms with E-state index in [9.17, 15) is 14.4 Å². The molecule has 340 valence electrons. The molecule has 0 aromatic heterocycles. The van der Waals surface area contributed by atoms with Gasteiger partial charge in [0.1, 0.15) is 13.2 Å². The highest BCUT2D eigenvalue weighted by Crippen LogP contribution is 2.15. The van der Waals surface area contributed by atoms with Crippen LogP contribution in [-0.2, 0) is 28.6 Å². The van der Waals surface area contributed by atoms with E-state index in [1.54, 1.807) is 0 Å². The van der Waals surface area contributed by atoms with Crippen LogP contribution in [0.25, 0.3) is 0 Å². The molecule has 0 aliphatic heterocycles. The number of esters is 3. The molecule has 0 radical (unpaired) electrons. The number of allylic oxidation sites excluding steroid dienone is 4. The van der Waals surface area contributed by atoms with Gasteiger partial charge >= 0.3 is 17.9 Å². The normalized spacial score (nSPS) is 12.1. The minimum Gasteiger partial charge on any atom is -0.462 e. The first-order valence-corrected chi connectivity index (χ1v) is 25.3. The maximum atomic E-state index is 12.7. The Bertz CT molecular complexity index is 942. The van der Waals surface area contributed by atoms with Crippen molar-refractivity contribution in [3.63, 3.8) is 0 Å². The summed E-state index contributed by atoms with van der Waals surface area (Å²) in [6, 6.07) is 0. The van der Waals surface area contributed by atoms with Crippen LogP contribution < -0.4 is 0 Å². The van der Waals surface area contributed by atoms with Gasteiger partial charge in [-0.15, -0.1) is 0 Å². The van der Waals surface area contributed by atoms with Gasteiger partial charge in [-0.2, -0.15) is 0 Å². The van der Waals surface area contributed by atoms with Gasteiger partial charge in [0.05, 0.1) is 0 Å². The zero-order valence-electron chi connectivity index (χ0n) is 38.8. The summed E-state index contributed by atoms with van der Waals surface area (Å²) in [6.07, 6.45) is 53.0. The fraction of sp³-hybridized carbons (Fsp3) is 0.865. The summed E-state index contributed by atoms with van der Waals surface area (Å²) in [5.41, 5.74) is 0. The molecule has 0 rings (SSSR count). The highest BCUT2D eigenvalue weighted by molar-refractivity contribution is 5.71. The predicted molar refractivity (Wildman–Crippen MR) is 247 cm³/mol. The molecule has 0 fully saturated rings. The summed E-state index contributed by atoms with van der Waals surface area (Å²) in [6.45, 7) is 6.62. The van der Waals surface area contributed by atoms with Gasteiger partial charge < -0.3 is 14.2 Å². The van der Waals surface area contributed by atoms with Gasteiger partial charge in [-0.3, -0.25) is 14.4 Å². The van der Waals surface area contributed by atoms with Crippen molar-refractivity contribution in [3.8, 4) is 0 Å². The maximum Gasteiger partial charge on any atom is 0.306 e. The Hall–Kier alpha value is -2.11. The fourth-order valence-corrected chi connectivity index (χ4v) is 7.31. The molecule has 0 aromatic carbocycles. The largest absolute Gasteiger partial charge is 0.462 e. The topological polar surface area (TPSA) is 78.9 Å². The molecule has 0 aliphatic rings. The number of hydrogen-bond acceptors (Lipinski definition) is 6. The van der Waals surface area contributed by atoms with Gasteiger partial charge in [-0.05, 0) is 70.6 Å². The van der Waals surface area contributed by atoms with Gasteiger partial charge in [0.15, 0.2) is 6.10 Å². The number of unbranched alkanes of at least 4 members (excludes halogenated alkanes) is 31. The highest BCUT2D eigenvalue weighted by Gasteiger charge is 2.19. The van der Waals surface area contributed by atoms with E-state index in [0.29, 0.717) is 19.3 Å². The molecular formula is C52H96O6. The van der Waals surface area contributed by atoms with E-state index in [2.05, 4.69) is 45.1 Å². The first kappa shape index (κ1) is 55.9. The number of hydrogen-bond donors (Lipinski definition) is 0. The Labute approximate surface area is 360 Å². The third-order valence-corrected chi connectivity index (χ3v) is 11.2. The van der Waals surface area contributed by atoms with Crippen LogP contribution in [0.5, 0.6) is 0 Å². The maximum absolute atomic E-state index is 12.7. The third-order valence-electron chi connectivity index (χ3n) is 11.2. The van der Waals surface area contributed by atoms with Crippen molar-refractivity contribution in [2.45, 2.75) is 277 Å². The van der Waals surface area contributed by atoms with Gasteiger partial charge in [0.25, 0.3) is 0 Å². The molecule has 1 unspecified atom stereocenters. The Morgan fingerprint density at radius 1 is 0.328 bits per heavy atom. The minimum atomic E-state index is -0.779. The molecule has 0 amide bonds. The molecule has 1 atom stereocenters. The third kappa shape index (κ3) is 45.0. The first-order valence-electron chi connectivity index (χ1n) is 25.3. The molecule has 0 aromatic rings. The van der Waals surface area contributed by atoms with Crippen LogP contribution in [0.2, 0.25) is 0 Å². The zero-order chi connectivity index (χ0) is 42.3. The lowest BCUT2D eigenvalue weighted by Gasteiger charge is -2.18. The van der Waals surface area contributed by atoms with Crippen molar-refractivity contribution >= 4 is 17.9 Å². The summed E-state index contributed by atoms with van der Waals surface area (Å²) >= 11 is 0. The van der Waals surface area contributed by atoms with Crippen LogP contribution in [0.4, 0.5) is 0 Å². The standard InChI is InChI=1S/C52H96O6/c1-4-7-10-13-16-19-22-25-28-30-33-36-39-42-45-51(54)57-48-49(58-52(55)46-43-40-37-34-31-27-24-21-18-15-12-9-6-3)47-56-50(53)44-41-38-35-32-29-26-23-20-17-14-11-8-5-2/h27-28,30-31,49H,4-26,29,32-48H2,1-3H3/b30-28-,31-27-. The second kappa shape index (κ2) is 47.6. The monoisotopic (exact) mass is 817 g/mol. The summed E-state index contributed by atoms with van der Waals surface area (Å²) in [7, 11) is 0. The lowest BCUT2D eigenvalue weighted by molar-refractivity contribution is -0.167. The molecule has 58 heavy (non-hydrogen) atoms. The smallest absolute Gasteiger partial charge is 0.306 e. The van der Waals surface area contributed by atoms with E-state index in [1.165, 1.54) is 148 Å². The molecule has 6 heteroatoms. The number of carbonyl (C=O) groups is 3. The van der Waals surface area contributed by atoms with Crippen LogP contribution in [0.3, 0.4) is 0 Å². The van der Waals surface area contributed by atoms with E-state index in [4.69, 9.17) is 14.2 Å². The van der Waals surface area contributed by atoms with E-state index in [1.807, 2.05) is 0 Å². The molecule has 0 spiro atoms. The minimum absolute atomic E-state index is 0.0785. The van der Waals surface area contributed by atoms with Crippen LogP contribution in [0, 0.1) is 0 Å². The number of rotatable bonds is 46. The Morgan fingerprint density at radius 3 is 0.879 bits per heavy atom. The molecule has 0 aliphatic carbocycles. The van der Waals surface area contributed by atoms with Crippen LogP contribution >= 0.6 is 0 Å². The van der Waals surface area contributed by atoms with Crippen molar-refractivity contribution < 1.29 is 28.6 Å². The second-order valence-corrected chi connectivity index (χ2v) is 17.1. The van der Waals surface area contributed by atoms with Crippen LogP contribution in [0.1, 0.15) is 271 Å². The first-order chi connectivity index (χ1) is 28.5. The zero-order valence-corrected chi connectivity index (χ0v) is 38.8. The summed E-state index contributed by atoms with van der Waals surface area (Å²) in [5.74, 6) is -0.901. The van der Waals surface area contributed by atoms with E-state index >= 15 is 0 Å². The van der Waals surface area contributed by atoms with E-state index < -0.39 is 6.10 Å². The molecule has 0 saturated carbocycles. The van der Waals surface area contributed by atoms with Gasteiger partial charge in [0.2, 0.25) is 0 Å². The summed E-state index contributed by atoms with van der Waals surface area (Å²) < 4.78 is 16.8. The van der Waals surface area contributed by atoms with Gasteiger partial charge in [-0.1, -0.05) is 206 Å². The molecule has 0 heterocycles. The second-order valence-electron chi connectivity index (χ2n) is 17.1. The van der Waals surface area contributed by atoms with Crippen LogP contribution in [0.15, 0.2) is 24.3 Å². The van der Waals surface area contributed by atoms with E-state index in [0.717, 1.165) is 83.5 Å².